The zero-order valence-electron chi connectivity index (χ0n) is 14.7. The predicted molar refractivity (Wildman–Crippen MR) is 108 cm³/mol. The van der Waals surface area contributed by atoms with Crippen molar-refractivity contribution in [2.45, 2.75) is 6.92 Å². The molecule has 0 unspecified atom stereocenters. The van der Waals surface area contributed by atoms with E-state index in [1.807, 2.05) is 67.6 Å². The molecule has 0 aliphatic heterocycles. The van der Waals surface area contributed by atoms with Gasteiger partial charge in [-0.3, -0.25) is 9.89 Å². The Labute approximate surface area is 160 Å². The fourth-order valence-corrected chi connectivity index (χ4v) is 3.29. The molecule has 4 aromatic rings. The van der Waals surface area contributed by atoms with Crippen LogP contribution in [0.1, 0.15) is 11.3 Å². The van der Waals surface area contributed by atoms with Gasteiger partial charge in [0, 0.05) is 5.56 Å². The molecule has 2 aromatic carbocycles. The summed E-state index contributed by atoms with van der Waals surface area (Å²) in [6.45, 7) is 5.83. The van der Waals surface area contributed by atoms with Crippen molar-refractivity contribution in [3.05, 3.63) is 98.0 Å². The zero-order valence-corrected chi connectivity index (χ0v) is 15.4. The maximum atomic E-state index is 12.9. The van der Waals surface area contributed by atoms with Crippen molar-refractivity contribution in [3.8, 4) is 11.4 Å². The number of benzene rings is 2. The Balaban J connectivity index is 1.89. The molecule has 6 heteroatoms. The molecule has 0 aliphatic carbocycles. The first-order chi connectivity index (χ1) is 13.1. The van der Waals surface area contributed by atoms with Crippen LogP contribution in [0.5, 0.6) is 0 Å². The van der Waals surface area contributed by atoms with Gasteiger partial charge in [0.2, 0.25) is 0 Å². The number of hydrogen-bond donors (Lipinski definition) is 1. The summed E-state index contributed by atoms with van der Waals surface area (Å²) in [5.74, 6) is 0. The normalized spacial score (nSPS) is 11.9. The molecule has 4 rings (SSSR count). The minimum atomic E-state index is -0.186. The average molecular weight is 377 g/mol. The lowest BCUT2D eigenvalue weighted by molar-refractivity contribution is 0.838. The Hall–Kier alpha value is -3.31. The first-order valence-corrected chi connectivity index (χ1v) is 8.81. The smallest absolute Gasteiger partial charge is 0.279 e. The largest absolute Gasteiger partial charge is 0.291 e. The number of rotatable bonds is 3. The molecule has 134 valence electrons. The van der Waals surface area contributed by atoms with E-state index in [2.05, 4.69) is 16.8 Å². The fraction of sp³-hybridized carbons (Fsp3) is 0.0476. The van der Waals surface area contributed by atoms with Crippen molar-refractivity contribution in [1.29, 1.82) is 0 Å². The minimum absolute atomic E-state index is 0.186. The highest BCUT2D eigenvalue weighted by Gasteiger charge is 2.14. The third-order valence-electron chi connectivity index (χ3n) is 4.36. The third-order valence-corrected chi connectivity index (χ3v) is 4.72. The van der Waals surface area contributed by atoms with E-state index in [0.29, 0.717) is 21.3 Å². The maximum absolute atomic E-state index is 12.9. The number of para-hydroxylation sites is 2. The Morgan fingerprint density at radius 3 is 2.26 bits per heavy atom. The minimum Gasteiger partial charge on any atom is -0.291 e. The summed E-state index contributed by atoms with van der Waals surface area (Å²) in [4.78, 5) is 12.9. The molecule has 2 aromatic heterocycles. The lowest BCUT2D eigenvalue weighted by Gasteiger charge is -2.01. The van der Waals surface area contributed by atoms with E-state index in [1.54, 1.807) is 10.8 Å². The van der Waals surface area contributed by atoms with E-state index in [9.17, 15) is 4.79 Å². The number of halogens is 1. The number of aromatic nitrogens is 4. The number of aromatic amines is 1. The summed E-state index contributed by atoms with van der Waals surface area (Å²) in [7, 11) is 0. The van der Waals surface area contributed by atoms with Gasteiger partial charge in [0.05, 0.1) is 27.6 Å². The molecule has 0 bridgehead atoms. The molecule has 0 saturated heterocycles. The van der Waals surface area contributed by atoms with E-state index in [-0.39, 0.29) is 5.56 Å². The van der Waals surface area contributed by atoms with Crippen LogP contribution < -0.4 is 16.1 Å². The van der Waals surface area contributed by atoms with Crippen LogP contribution in [0.25, 0.3) is 24.0 Å². The van der Waals surface area contributed by atoms with Crippen LogP contribution in [0.15, 0.2) is 65.5 Å². The van der Waals surface area contributed by atoms with Gasteiger partial charge in [0.15, 0.2) is 0 Å². The number of hydrogen-bond acceptors (Lipinski definition) is 2. The van der Waals surface area contributed by atoms with Crippen LogP contribution in [0.2, 0.25) is 5.15 Å². The van der Waals surface area contributed by atoms with E-state index < -0.39 is 0 Å². The molecule has 1 N–H and O–H groups in total. The number of aryl methyl sites for hydroxylation is 1. The van der Waals surface area contributed by atoms with Crippen molar-refractivity contribution < 1.29 is 0 Å². The van der Waals surface area contributed by atoms with Crippen LogP contribution in [0.3, 0.4) is 0 Å². The van der Waals surface area contributed by atoms with Crippen molar-refractivity contribution in [1.82, 2.24) is 19.6 Å². The second kappa shape index (κ2) is 6.78. The number of nitrogens with one attached hydrogen (secondary N) is 1. The molecular formula is C21H17ClN4O. The number of nitrogens with zero attached hydrogens (tertiary/aromatic N) is 3. The predicted octanol–water partition coefficient (Wildman–Crippen LogP) is 2.55. The molecule has 27 heavy (non-hydrogen) atoms. The molecule has 2 heterocycles. The first-order valence-electron chi connectivity index (χ1n) is 8.44. The van der Waals surface area contributed by atoms with Gasteiger partial charge in [-0.1, -0.05) is 54.6 Å². The number of H-pyrrole nitrogens is 1. The van der Waals surface area contributed by atoms with Crippen molar-refractivity contribution in [3.63, 3.8) is 0 Å². The van der Waals surface area contributed by atoms with Gasteiger partial charge in [-0.05, 0) is 37.3 Å². The van der Waals surface area contributed by atoms with E-state index in [0.717, 1.165) is 17.1 Å². The summed E-state index contributed by atoms with van der Waals surface area (Å²) in [6.07, 6.45) is 1.74. The van der Waals surface area contributed by atoms with Crippen LogP contribution in [-0.2, 0) is 0 Å². The first kappa shape index (κ1) is 17.1. The lowest BCUT2D eigenvalue weighted by atomic mass is 10.2. The summed E-state index contributed by atoms with van der Waals surface area (Å²) >= 11 is 6.57. The monoisotopic (exact) mass is 376 g/mol. The second-order valence-electron chi connectivity index (χ2n) is 6.16. The Morgan fingerprint density at radius 2 is 1.63 bits per heavy atom. The van der Waals surface area contributed by atoms with Gasteiger partial charge in [-0.15, -0.1) is 0 Å². The Morgan fingerprint density at radius 1 is 1.04 bits per heavy atom. The Kier molecular flexibility index (Phi) is 4.30. The fourth-order valence-electron chi connectivity index (χ4n) is 2.96. The lowest BCUT2D eigenvalue weighted by Crippen LogP contribution is -2.34. The van der Waals surface area contributed by atoms with Crippen molar-refractivity contribution in [2.24, 2.45) is 0 Å². The summed E-state index contributed by atoms with van der Waals surface area (Å²) < 4.78 is 3.13. The molecule has 5 nitrogen and oxygen atoms in total. The molecule has 0 fully saturated rings. The van der Waals surface area contributed by atoms with E-state index in [4.69, 9.17) is 11.6 Å². The van der Waals surface area contributed by atoms with Gasteiger partial charge < -0.3 is 0 Å². The van der Waals surface area contributed by atoms with Gasteiger partial charge in [-0.25, -0.2) is 9.36 Å². The topological polar surface area (TPSA) is 55.6 Å². The standard InChI is InChI=1S/C21H17ClN4O/c1-14-18(20(22)25(23-14)16-9-5-3-6-10-16)13-19-15(2)24-26(21(19)27)17-11-7-4-8-12-17/h3-13,24H,2H2,1H3/b19-13+. The average Bonchev–Trinajstić information content (AvgIpc) is 3.14. The van der Waals surface area contributed by atoms with Crippen LogP contribution in [-0.4, -0.2) is 19.6 Å². The molecule has 0 radical (unpaired) electrons. The van der Waals surface area contributed by atoms with E-state index in [1.165, 1.54) is 4.68 Å². The van der Waals surface area contributed by atoms with E-state index >= 15 is 0 Å². The van der Waals surface area contributed by atoms with Crippen LogP contribution >= 0.6 is 11.6 Å². The second-order valence-corrected chi connectivity index (χ2v) is 6.52. The van der Waals surface area contributed by atoms with Crippen LogP contribution in [0, 0.1) is 6.92 Å². The highest BCUT2D eigenvalue weighted by molar-refractivity contribution is 6.31. The molecule has 0 atom stereocenters. The molecule has 0 aliphatic rings. The quantitative estimate of drug-likeness (QED) is 0.597. The van der Waals surface area contributed by atoms with Gasteiger partial charge >= 0.3 is 0 Å². The van der Waals surface area contributed by atoms with Gasteiger partial charge in [0.1, 0.15) is 5.15 Å². The summed E-state index contributed by atoms with van der Waals surface area (Å²) in [5.41, 5.74) is 2.84. The molecule has 0 amide bonds. The van der Waals surface area contributed by atoms with Crippen molar-refractivity contribution >= 4 is 24.3 Å². The molecular weight excluding hydrogens is 360 g/mol. The highest BCUT2D eigenvalue weighted by atomic mass is 35.5. The molecule has 0 spiro atoms. The van der Waals surface area contributed by atoms with Crippen LogP contribution in [0.4, 0.5) is 0 Å². The van der Waals surface area contributed by atoms with Gasteiger partial charge in [0.25, 0.3) is 5.56 Å². The highest BCUT2D eigenvalue weighted by Crippen LogP contribution is 2.23. The SMILES string of the molecule is C=c1[nH]n(-c2ccccc2)c(=O)/c1=C/c1c(C)nn(-c2ccccc2)c1Cl. The third kappa shape index (κ3) is 3.02. The molecule has 0 saturated carbocycles. The Bertz CT molecular complexity index is 1270. The van der Waals surface area contributed by atoms with Crippen molar-refractivity contribution in [2.75, 3.05) is 0 Å². The zero-order chi connectivity index (χ0) is 19.0. The summed E-state index contributed by atoms with van der Waals surface area (Å²) in [5, 5.41) is 8.96. The van der Waals surface area contributed by atoms with Gasteiger partial charge in [-0.2, -0.15) is 5.10 Å². The summed E-state index contributed by atoms with van der Waals surface area (Å²) in [6, 6.07) is 19.0. The maximum Gasteiger partial charge on any atom is 0.279 e.